The number of nitrogens with one attached hydrogen (secondary N) is 1. The largest absolute Gasteiger partial charge is 0.497 e. The molecule has 3 rings (SSSR count). The molecule has 0 aliphatic rings. The molecule has 0 aliphatic heterocycles. The molecule has 1 amide bonds. The van der Waals surface area contributed by atoms with E-state index in [0.29, 0.717) is 38.0 Å². The quantitative estimate of drug-likeness (QED) is 0.525. The first-order chi connectivity index (χ1) is 12.6. The molecule has 0 fully saturated rings. The van der Waals surface area contributed by atoms with Gasteiger partial charge in [-0.2, -0.15) is 0 Å². The van der Waals surface area contributed by atoms with Crippen molar-refractivity contribution in [2.45, 2.75) is 0 Å². The van der Waals surface area contributed by atoms with Gasteiger partial charge in [0.05, 0.1) is 23.4 Å². The number of carbonyl (C=O) groups excluding carboxylic acids is 1. The van der Waals surface area contributed by atoms with Crippen LogP contribution >= 0.6 is 27.5 Å². The summed E-state index contributed by atoms with van der Waals surface area (Å²) in [5.41, 5.74) is 0.990. The molecule has 0 heterocycles. The number of hydrogen-bond donors (Lipinski definition) is 1. The monoisotopic (exact) mass is 431 g/mol. The van der Waals surface area contributed by atoms with Crippen LogP contribution in [0.2, 0.25) is 5.02 Å². The van der Waals surface area contributed by atoms with Gasteiger partial charge in [0.15, 0.2) is 5.75 Å². The molecule has 0 unspecified atom stereocenters. The van der Waals surface area contributed by atoms with Crippen LogP contribution in [0.15, 0.2) is 71.2 Å². The highest BCUT2D eigenvalue weighted by molar-refractivity contribution is 9.10. The number of methoxy groups -OCH3 is 1. The van der Waals surface area contributed by atoms with E-state index in [1.807, 2.05) is 24.3 Å². The van der Waals surface area contributed by atoms with Gasteiger partial charge in [-0.1, -0.05) is 35.9 Å². The SMILES string of the molecule is COc1ccc(Br)c(C(=O)Nc2ccccc2Oc2ccccc2Cl)c1. The Bertz CT molecular complexity index is 946. The fraction of sp³-hybridized carbons (Fsp3) is 0.0500. The predicted octanol–water partition coefficient (Wildman–Crippen LogP) is 6.16. The molecule has 0 aromatic heterocycles. The van der Waals surface area contributed by atoms with Crippen LogP contribution in [0.4, 0.5) is 5.69 Å². The maximum Gasteiger partial charge on any atom is 0.257 e. The molecule has 0 aliphatic carbocycles. The van der Waals surface area contributed by atoms with Gasteiger partial charge in [0.2, 0.25) is 0 Å². The van der Waals surface area contributed by atoms with Gasteiger partial charge in [-0.25, -0.2) is 0 Å². The summed E-state index contributed by atoms with van der Waals surface area (Å²) in [5.74, 6) is 1.32. The van der Waals surface area contributed by atoms with Crippen molar-refractivity contribution in [2.75, 3.05) is 12.4 Å². The molecule has 26 heavy (non-hydrogen) atoms. The third-order valence-electron chi connectivity index (χ3n) is 3.61. The Kier molecular flexibility index (Phi) is 5.81. The van der Waals surface area contributed by atoms with Crippen LogP contribution in [0.1, 0.15) is 10.4 Å². The van der Waals surface area contributed by atoms with Gasteiger partial charge in [-0.3, -0.25) is 4.79 Å². The van der Waals surface area contributed by atoms with E-state index in [4.69, 9.17) is 21.1 Å². The predicted molar refractivity (Wildman–Crippen MR) is 107 cm³/mol. The first-order valence-corrected chi connectivity index (χ1v) is 8.92. The third-order valence-corrected chi connectivity index (χ3v) is 4.61. The van der Waals surface area contributed by atoms with Gasteiger partial charge >= 0.3 is 0 Å². The lowest BCUT2D eigenvalue weighted by Crippen LogP contribution is -2.13. The van der Waals surface area contributed by atoms with Crippen LogP contribution in [0.3, 0.4) is 0 Å². The average molecular weight is 433 g/mol. The highest BCUT2D eigenvalue weighted by Gasteiger charge is 2.14. The zero-order valence-electron chi connectivity index (χ0n) is 13.8. The van der Waals surface area contributed by atoms with E-state index in [1.165, 1.54) is 0 Å². The number of halogens is 2. The Morgan fingerprint density at radius 1 is 1.00 bits per heavy atom. The lowest BCUT2D eigenvalue weighted by Gasteiger charge is -2.14. The molecule has 0 radical (unpaired) electrons. The summed E-state index contributed by atoms with van der Waals surface area (Å²) in [6.07, 6.45) is 0. The van der Waals surface area contributed by atoms with Crippen LogP contribution < -0.4 is 14.8 Å². The minimum atomic E-state index is -0.286. The third kappa shape index (κ3) is 4.18. The minimum absolute atomic E-state index is 0.286. The Balaban J connectivity index is 1.87. The normalized spacial score (nSPS) is 10.3. The van der Waals surface area contributed by atoms with Gasteiger partial charge in [-0.15, -0.1) is 0 Å². The van der Waals surface area contributed by atoms with Crippen LogP contribution in [0.25, 0.3) is 0 Å². The van der Waals surface area contributed by atoms with Crippen molar-refractivity contribution in [2.24, 2.45) is 0 Å². The van der Waals surface area contributed by atoms with Crippen molar-refractivity contribution in [3.05, 3.63) is 81.8 Å². The maximum absolute atomic E-state index is 12.7. The number of benzene rings is 3. The number of ether oxygens (including phenoxy) is 2. The maximum atomic E-state index is 12.7. The molecular formula is C20H15BrClNO3. The van der Waals surface area contributed by atoms with Gasteiger partial charge in [0.25, 0.3) is 5.91 Å². The van der Waals surface area contributed by atoms with Crippen LogP contribution in [-0.4, -0.2) is 13.0 Å². The lowest BCUT2D eigenvalue weighted by molar-refractivity contribution is 0.102. The van der Waals surface area contributed by atoms with E-state index in [-0.39, 0.29) is 5.91 Å². The van der Waals surface area contributed by atoms with Gasteiger partial charge < -0.3 is 14.8 Å². The molecule has 0 bridgehead atoms. The van der Waals surface area contributed by atoms with E-state index in [2.05, 4.69) is 21.2 Å². The molecule has 0 spiro atoms. The smallest absolute Gasteiger partial charge is 0.257 e. The van der Waals surface area contributed by atoms with Crippen LogP contribution in [0.5, 0.6) is 17.2 Å². The van der Waals surface area contributed by atoms with Crippen molar-refractivity contribution in [3.8, 4) is 17.2 Å². The van der Waals surface area contributed by atoms with Crippen molar-refractivity contribution >= 4 is 39.1 Å². The second-order valence-corrected chi connectivity index (χ2v) is 6.59. The van der Waals surface area contributed by atoms with Gasteiger partial charge in [-0.05, 0) is 58.4 Å². The Hall–Kier alpha value is -2.50. The Labute approximate surface area is 164 Å². The fourth-order valence-electron chi connectivity index (χ4n) is 2.30. The molecule has 0 atom stereocenters. The summed E-state index contributed by atoms with van der Waals surface area (Å²) in [6, 6.07) is 19.5. The Morgan fingerprint density at radius 3 is 2.42 bits per heavy atom. The zero-order chi connectivity index (χ0) is 18.5. The number of anilines is 1. The highest BCUT2D eigenvalue weighted by Crippen LogP contribution is 2.34. The summed E-state index contributed by atoms with van der Waals surface area (Å²) < 4.78 is 11.7. The second-order valence-electron chi connectivity index (χ2n) is 5.33. The molecule has 132 valence electrons. The molecular weight excluding hydrogens is 418 g/mol. The first kappa shape index (κ1) is 18.3. The lowest BCUT2D eigenvalue weighted by atomic mass is 10.2. The second kappa shape index (κ2) is 8.25. The van der Waals surface area contributed by atoms with Crippen molar-refractivity contribution in [3.63, 3.8) is 0 Å². The molecule has 3 aromatic rings. The van der Waals surface area contributed by atoms with Crippen molar-refractivity contribution in [1.82, 2.24) is 0 Å². The molecule has 4 nitrogen and oxygen atoms in total. The number of rotatable bonds is 5. The number of carbonyl (C=O) groups is 1. The van der Waals surface area contributed by atoms with Crippen molar-refractivity contribution < 1.29 is 14.3 Å². The van der Waals surface area contributed by atoms with E-state index in [9.17, 15) is 4.79 Å². The summed E-state index contributed by atoms with van der Waals surface area (Å²) in [5, 5.41) is 3.36. The molecule has 0 saturated heterocycles. The summed E-state index contributed by atoms with van der Waals surface area (Å²) in [6.45, 7) is 0. The van der Waals surface area contributed by atoms with E-state index >= 15 is 0 Å². The highest BCUT2D eigenvalue weighted by atomic mass is 79.9. The number of amides is 1. The topological polar surface area (TPSA) is 47.6 Å². The van der Waals surface area contributed by atoms with E-state index in [1.54, 1.807) is 49.6 Å². The minimum Gasteiger partial charge on any atom is -0.497 e. The molecule has 6 heteroatoms. The number of hydrogen-bond acceptors (Lipinski definition) is 3. The molecule has 0 saturated carbocycles. The van der Waals surface area contributed by atoms with Crippen molar-refractivity contribution in [1.29, 1.82) is 0 Å². The van der Waals surface area contributed by atoms with Crippen LogP contribution in [-0.2, 0) is 0 Å². The summed E-state index contributed by atoms with van der Waals surface area (Å²) in [4.78, 5) is 12.7. The van der Waals surface area contributed by atoms with Gasteiger partial charge in [0.1, 0.15) is 11.5 Å². The fourth-order valence-corrected chi connectivity index (χ4v) is 2.90. The Morgan fingerprint density at radius 2 is 1.69 bits per heavy atom. The summed E-state index contributed by atoms with van der Waals surface area (Å²) >= 11 is 9.54. The number of para-hydroxylation sites is 3. The first-order valence-electron chi connectivity index (χ1n) is 7.75. The van der Waals surface area contributed by atoms with E-state index < -0.39 is 0 Å². The van der Waals surface area contributed by atoms with E-state index in [0.717, 1.165) is 0 Å². The van der Waals surface area contributed by atoms with Crippen LogP contribution in [0, 0.1) is 0 Å². The van der Waals surface area contributed by atoms with Gasteiger partial charge in [0, 0.05) is 4.47 Å². The average Bonchev–Trinajstić information content (AvgIpc) is 2.65. The molecule has 1 N–H and O–H groups in total. The molecule has 3 aromatic carbocycles. The zero-order valence-corrected chi connectivity index (χ0v) is 16.2. The standard InChI is InChI=1S/C20H15BrClNO3/c1-25-13-10-11-15(21)14(12-13)20(24)23-17-7-3-5-9-19(17)26-18-8-4-2-6-16(18)22/h2-12H,1H3,(H,23,24). The summed E-state index contributed by atoms with van der Waals surface area (Å²) in [7, 11) is 1.55.